The summed E-state index contributed by atoms with van der Waals surface area (Å²) in [4.78, 5) is 22.0. The number of carbonyl (C=O) groups is 1. The van der Waals surface area contributed by atoms with Gasteiger partial charge in [0.2, 0.25) is 0 Å². The number of nitriles is 2. The van der Waals surface area contributed by atoms with E-state index in [1.807, 2.05) is 59.5 Å². The molecule has 0 aliphatic carbocycles. The maximum absolute atomic E-state index is 13.7. The highest BCUT2D eigenvalue weighted by Gasteiger charge is 2.34. The molecule has 1 aliphatic rings. The van der Waals surface area contributed by atoms with Crippen LogP contribution >= 0.6 is 0 Å². The Bertz CT molecular complexity index is 1420. The van der Waals surface area contributed by atoms with Gasteiger partial charge in [-0.15, -0.1) is 0 Å². The zero-order chi connectivity index (χ0) is 26.9. The number of nitrogens with zero attached hydrogens (tertiary/aromatic N) is 5. The maximum atomic E-state index is 13.7. The summed E-state index contributed by atoms with van der Waals surface area (Å²) in [6.45, 7) is 1.08. The first-order valence-corrected chi connectivity index (χ1v) is 12.1. The molecule has 0 saturated carbocycles. The normalized spacial score (nSPS) is 13.6. The molecule has 8 nitrogen and oxygen atoms in total. The van der Waals surface area contributed by atoms with Crippen LogP contribution in [0, 0.1) is 22.7 Å². The number of rotatable bonds is 10. The summed E-state index contributed by atoms with van der Waals surface area (Å²) < 4.78 is 10.9. The minimum atomic E-state index is -0.277. The number of benzene rings is 3. The summed E-state index contributed by atoms with van der Waals surface area (Å²) in [6.07, 6.45) is 2.49. The lowest BCUT2D eigenvalue weighted by molar-refractivity contribution is -0.113. The fourth-order valence-corrected chi connectivity index (χ4v) is 4.17. The Morgan fingerprint density at radius 1 is 0.921 bits per heavy atom. The Morgan fingerprint density at radius 2 is 1.61 bits per heavy atom. The van der Waals surface area contributed by atoms with Gasteiger partial charge >= 0.3 is 0 Å². The van der Waals surface area contributed by atoms with E-state index in [9.17, 15) is 4.79 Å². The zero-order valence-electron chi connectivity index (χ0n) is 21.3. The molecule has 8 heteroatoms. The number of carbonyl (C=O) groups excluding carboxylic acids is 1. The molecule has 0 atom stereocenters. The predicted octanol–water partition coefficient (Wildman–Crippen LogP) is 5.17. The van der Waals surface area contributed by atoms with E-state index in [1.54, 1.807) is 43.4 Å². The monoisotopic (exact) mass is 505 g/mol. The second-order valence-electron chi connectivity index (χ2n) is 8.40. The summed E-state index contributed by atoms with van der Waals surface area (Å²) in [6, 6.07) is 26.8. The zero-order valence-corrected chi connectivity index (χ0v) is 21.3. The Kier molecular flexibility index (Phi) is 8.38. The second-order valence-corrected chi connectivity index (χ2v) is 8.40. The van der Waals surface area contributed by atoms with Crippen LogP contribution < -0.4 is 19.3 Å². The van der Waals surface area contributed by atoms with Gasteiger partial charge in [-0.3, -0.25) is 9.69 Å². The summed E-state index contributed by atoms with van der Waals surface area (Å²) >= 11 is 0. The highest BCUT2D eigenvalue weighted by atomic mass is 16.5. The van der Waals surface area contributed by atoms with Gasteiger partial charge in [0.25, 0.3) is 5.91 Å². The van der Waals surface area contributed by atoms with Gasteiger partial charge in [0.05, 0.1) is 44.9 Å². The van der Waals surface area contributed by atoms with Crippen molar-refractivity contribution in [2.75, 3.05) is 37.1 Å². The summed E-state index contributed by atoms with van der Waals surface area (Å²) in [5.41, 5.74) is 3.36. The van der Waals surface area contributed by atoms with Crippen LogP contribution in [0.25, 0.3) is 6.08 Å². The van der Waals surface area contributed by atoms with Crippen LogP contribution in [0.2, 0.25) is 0 Å². The number of amidine groups is 1. The highest BCUT2D eigenvalue weighted by Crippen LogP contribution is 2.37. The fourth-order valence-electron chi connectivity index (χ4n) is 4.17. The summed E-state index contributed by atoms with van der Waals surface area (Å²) in [7, 11) is 3.12. The van der Waals surface area contributed by atoms with Crippen LogP contribution in [-0.2, 0) is 4.79 Å². The molecule has 0 fully saturated rings. The molecule has 3 aromatic carbocycles. The van der Waals surface area contributed by atoms with Crippen molar-refractivity contribution >= 4 is 29.2 Å². The van der Waals surface area contributed by atoms with Gasteiger partial charge in [-0.25, -0.2) is 4.99 Å². The van der Waals surface area contributed by atoms with Crippen molar-refractivity contribution < 1.29 is 14.3 Å². The van der Waals surface area contributed by atoms with E-state index in [-0.39, 0.29) is 5.91 Å². The molecular formula is C30H27N5O3. The van der Waals surface area contributed by atoms with E-state index >= 15 is 0 Å². The minimum Gasteiger partial charge on any atom is -0.497 e. The van der Waals surface area contributed by atoms with E-state index in [2.05, 4.69) is 12.1 Å². The van der Waals surface area contributed by atoms with Crippen molar-refractivity contribution in [3.8, 4) is 23.6 Å². The molecule has 3 aromatic rings. The predicted molar refractivity (Wildman–Crippen MR) is 147 cm³/mol. The maximum Gasteiger partial charge on any atom is 0.282 e. The van der Waals surface area contributed by atoms with Crippen molar-refractivity contribution in [1.29, 1.82) is 10.5 Å². The fraction of sp³-hybridized carbons (Fsp3) is 0.200. The molecule has 0 N–H and O–H groups in total. The van der Waals surface area contributed by atoms with Gasteiger partial charge in [0.15, 0.2) is 0 Å². The first-order valence-electron chi connectivity index (χ1n) is 12.1. The van der Waals surface area contributed by atoms with Crippen molar-refractivity contribution in [3.05, 3.63) is 89.6 Å². The average molecular weight is 506 g/mol. The van der Waals surface area contributed by atoms with E-state index in [1.165, 1.54) is 0 Å². The number of hydrogen-bond acceptors (Lipinski definition) is 7. The lowest BCUT2D eigenvalue weighted by atomic mass is 10.1. The number of aliphatic imine (C=N–C) groups is 1. The molecule has 0 spiro atoms. The molecular weight excluding hydrogens is 478 g/mol. The highest BCUT2D eigenvalue weighted by molar-refractivity contribution is 6.33. The number of amides is 1. The lowest BCUT2D eigenvalue weighted by Gasteiger charge is -2.22. The Hall–Kier alpha value is -5.08. The number of anilines is 2. The van der Waals surface area contributed by atoms with Crippen LogP contribution in [0.3, 0.4) is 0 Å². The first kappa shape index (κ1) is 26.0. The van der Waals surface area contributed by atoms with Gasteiger partial charge < -0.3 is 14.4 Å². The van der Waals surface area contributed by atoms with E-state index in [0.717, 1.165) is 16.8 Å². The van der Waals surface area contributed by atoms with Crippen molar-refractivity contribution in [2.24, 2.45) is 4.99 Å². The second kappa shape index (κ2) is 12.2. The molecule has 0 radical (unpaired) electrons. The molecule has 0 saturated heterocycles. The average Bonchev–Trinajstić information content (AvgIpc) is 3.29. The van der Waals surface area contributed by atoms with Gasteiger partial charge in [-0.05, 0) is 35.9 Å². The minimum absolute atomic E-state index is 0.277. The molecule has 0 bridgehead atoms. The molecule has 0 aromatic heterocycles. The van der Waals surface area contributed by atoms with Crippen molar-refractivity contribution in [2.45, 2.75) is 12.8 Å². The van der Waals surface area contributed by atoms with E-state index in [4.69, 9.17) is 25.0 Å². The molecule has 1 amide bonds. The molecule has 4 rings (SSSR count). The van der Waals surface area contributed by atoms with Crippen LogP contribution in [0.1, 0.15) is 24.0 Å². The first-order chi connectivity index (χ1) is 18.6. The standard InChI is InChI=1S/C30H27N5O3/c1-37-25-14-15-27(28(21-25)38-2)35-29(23-8-4-3-5-9-23)33-26(30(35)36)20-22-10-12-24(13-11-22)34(18-6-16-31)19-7-17-32/h3-5,8-15,20-21H,6-7,18-19H2,1-2H3/b26-20-. The van der Waals surface area contributed by atoms with Crippen LogP contribution in [0.4, 0.5) is 11.4 Å². The molecule has 1 heterocycles. The quantitative estimate of drug-likeness (QED) is 0.352. The molecule has 0 unspecified atom stereocenters. The van der Waals surface area contributed by atoms with Crippen molar-refractivity contribution in [3.63, 3.8) is 0 Å². The SMILES string of the molecule is COc1ccc(N2C(=O)/C(=C/c3ccc(N(CCC#N)CCC#N)cc3)N=C2c2ccccc2)c(OC)c1. The summed E-state index contributed by atoms with van der Waals surface area (Å²) in [5, 5.41) is 17.9. The number of ether oxygens (including phenoxy) is 2. The van der Waals surface area contributed by atoms with Crippen LogP contribution in [0.5, 0.6) is 11.5 Å². The van der Waals surface area contributed by atoms with Gasteiger partial charge in [0.1, 0.15) is 23.0 Å². The van der Waals surface area contributed by atoms with E-state index in [0.29, 0.717) is 54.7 Å². The molecule has 1 aliphatic heterocycles. The van der Waals surface area contributed by atoms with Crippen LogP contribution in [-0.4, -0.2) is 39.1 Å². The van der Waals surface area contributed by atoms with Gasteiger partial charge in [-0.2, -0.15) is 10.5 Å². The Balaban J connectivity index is 1.70. The third-order valence-corrected chi connectivity index (χ3v) is 6.07. The van der Waals surface area contributed by atoms with E-state index < -0.39 is 0 Å². The van der Waals surface area contributed by atoms with Crippen LogP contribution in [0.15, 0.2) is 83.5 Å². The smallest absolute Gasteiger partial charge is 0.282 e. The third-order valence-electron chi connectivity index (χ3n) is 6.07. The third kappa shape index (κ3) is 5.66. The Morgan fingerprint density at radius 3 is 2.21 bits per heavy atom. The topological polar surface area (TPSA) is 102 Å². The molecule has 190 valence electrons. The largest absolute Gasteiger partial charge is 0.497 e. The lowest BCUT2D eigenvalue weighted by Crippen LogP contribution is -2.33. The number of methoxy groups -OCH3 is 2. The van der Waals surface area contributed by atoms with Gasteiger partial charge in [-0.1, -0.05) is 42.5 Å². The Labute approximate surface area is 222 Å². The summed E-state index contributed by atoms with van der Waals surface area (Å²) in [5.74, 6) is 1.33. The van der Waals surface area contributed by atoms with Crippen molar-refractivity contribution in [1.82, 2.24) is 0 Å². The number of hydrogen-bond donors (Lipinski definition) is 0. The van der Waals surface area contributed by atoms with Gasteiger partial charge in [0, 0.05) is 30.4 Å². The molecule has 38 heavy (non-hydrogen) atoms.